The Morgan fingerprint density at radius 2 is 0.474 bits per heavy atom. The average molecular weight is 1420 g/mol. The number of hydrogen-bond acceptors (Lipinski definition) is 15. The van der Waals surface area contributed by atoms with E-state index in [0.717, 1.165) is 95.8 Å². The van der Waals surface area contributed by atoms with Crippen LogP contribution in [0, 0.1) is 5.92 Å². The highest BCUT2D eigenvalue weighted by Crippen LogP contribution is 2.45. The molecule has 0 spiro atoms. The number of rotatable bonds is 78. The van der Waals surface area contributed by atoms with Gasteiger partial charge in [0.05, 0.1) is 26.4 Å². The SMILES string of the molecule is CCCCCCCCCCCCCCCCCCCCC(=O)O[C@H](COC(=O)CCCCCCCCCCCCCCCC)COP(=O)(O)OC[C@@H](O)COP(=O)(O)OC[C@@H](COC(=O)CCCCCCCCCCCC(C)C)OC(=O)CCCCCCCCCCCCCCC. The summed E-state index contributed by atoms with van der Waals surface area (Å²) in [6, 6.07) is 0. The summed E-state index contributed by atoms with van der Waals surface area (Å²) in [7, 11) is -9.91. The zero-order valence-electron chi connectivity index (χ0n) is 63.2. The quantitative estimate of drug-likeness (QED) is 0.0222. The molecule has 0 aliphatic rings. The lowest BCUT2D eigenvalue weighted by molar-refractivity contribution is -0.161. The summed E-state index contributed by atoms with van der Waals surface area (Å²) < 4.78 is 68.6. The summed E-state index contributed by atoms with van der Waals surface area (Å²) in [6.07, 6.45) is 60.9. The van der Waals surface area contributed by atoms with Gasteiger partial charge in [-0.3, -0.25) is 37.3 Å². The molecule has 0 aromatic carbocycles. The van der Waals surface area contributed by atoms with E-state index in [0.29, 0.717) is 25.7 Å². The van der Waals surface area contributed by atoms with Crippen molar-refractivity contribution in [2.24, 2.45) is 5.92 Å². The lowest BCUT2D eigenvalue weighted by atomic mass is 10.0. The largest absolute Gasteiger partial charge is 0.472 e. The molecule has 0 aliphatic carbocycles. The van der Waals surface area contributed by atoms with Crippen molar-refractivity contribution in [3.05, 3.63) is 0 Å². The number of aliphatic hydroxyl groups is 1. The summed E-state index contributed by atoms with van der Waals surface area (Å²) in [5, 5.41) is 10.6. The van der Waals surface area contributed by atoms with Crippen molar-refractivity contribution < 1.29 is 80.2 Å². The fourth-order valence-corrected chi connectivity index (χ4v) is 13.6. The molecule has 5 atom stereocenters. The van der Waals surface area contributed by atoms with E-state index in [1.807, 2.05) is 0 Å². The maximum atomic E-state index is 13.1. The number of esters is 4. The normalized spacial score (nSPS) is 13.9. The first kappa shape index (κ1) is 95.1. The number of carbonyl (C=O) groups excluding carboxylic acids is 4. The van der Waals surface area contributed by atoms with E-state index < -0.39 is 97.5 Å². The van der Waals surface area contributed by atoms with Crippen molar-refractivity contribution in [3.63, 3.8) is 0 Å². The second-order valence-electron chi connectivity index (χ2n) is 28.6. The predicted molar refractivity (Wildman–Crippen MR) is 395 cm³/mol. The van der Waals surface area contributed by atoms with E-state index in [2.05, 4.69) is 34.6 Å². The molecule has 19 heteroatoms. The van der Waals surface area contributed by atoms with E-state index in [1.165, 1.54) is 238 Å². The van der Waals surface area contributed by atoms with E-state index in [9.17, 15) is 43.2 Å². The first-order valence-corrected chi connectivity index (χ1v) is 43.6. The third-order valence-corrected chi connectivity index (χ3v) is 20.2. The van der Waals surface area contributed by atoms with Crippen LogP contribution in [0.25, 0.3) is 0 Å². The zero-order chi connectivity index (χ0) is 71.2. The minimum Gasteiger partial charge on any atom is -0.462 e. The van der Waals surface area contributed by atoms with Crippen LogP contribution in [0.4, 0.5) is 0 Å². The summed E-state index contributed by atoms with van der Waals surface area (Å²) in [5.41, 5.74) is 0. The van der Waals surface area contributed by atoms with Crippen LogP contribution in [-0.4, -0.2) is 96.7 Å². The number of aliphatic hydroxyl groups excluding tert-OH is 1. The van der Waals surface area contributed by atoms with Crippen LogP contribution >= 0.6 is 15.6 Å². The number of unbranched alkanes of at least 4 members (excludes halogenated alkanes) is 50. The van der Waals surface area contributed by atoms with Gasteiger partial charge in [0.2, 0.25) is 0 Å². The Hall–Kier alpha value is -1.94. The molecule has 0 rings (SSSR count). The lowest BCUT2D eigenvalue weighted by Crippen LogP contribution is -2.30. The standard InChI is InChI=1S/C78H152O17P2/c1-6-9-12-15-18-21-24-27-29-30-31-32-35-38-43-49-54-59-64-78(83)94-73(67-88-75(80)61-56-51-46-41-36-34-28-25-22-19-16-13-10-7-2)69-92-96(84,85)90-65-72(79)66-91-97(86,87)93-70-74(68-89-76(81)62-57-52-47-44-39-40-45-50-55-60-71(4)5)95-77(82)63-58-53-48-42-37-33-26-23-20-17-14-11-8-3/h71-74,79H,6-70H2,1-5H3,(H,84,85)(H,86,87)/t72-,73-,74-/m1/s1. The van der Waals surface area contributed by atoms with Crippen LogP contribution in [0.3, 0.4) is 0 Å². The van der Waals surface area contributed by atoms with Crippen LogP contribution in [0.15, 0.2) is 0 Å². The molecule has 0 saturated heterocycles. The van der Waals surface area contributed by atoms with Gasteiger partial charge in [0, 0.05) is 25.7 Å². The number of phosphoric acid groups is 2. The highest BCUT2D eigenvalue weighted by molar-refractivity contribution is 7.47. The molecule has 0 aromatic rings. The molecule has 0 fully saturated rings. The Balaban J connectivity index is 5.25. The Bertz CT molecular complexity index is 1860. The van der Waals surface area contributed by atoms with Gasteiger partial charge < -0.3 is 33.8 Å². The summed E-state index contributed by atoms with van der Waals surface area (Å²) in [4.78, 5) is 72.9. The summed E-state index contributed by atoms with van der Waals surface area (Å²) in [5.74, 6) is -1.36. The Kier molecular flexibility index (Phi) is 69.6. The minimum absolute atomic E-state index is 0.108. The van der Waals surface area contributed by atoms with Crippen LogP contribution < -0.4 is 0 Å². The molecule has 0 heterocycles. The van der Waals surface area contributed by atoms with E-state index >= 15 is 0 Å². The van der Waals surface area contributed by atoms with E-state index in [1.54, 1.807) is 0 Å². The first-order valence-electron chi connectivity index (χ1n) is 40.6. The van der Waals surface area contributed by atoms with Crippen molar-refractivity contribution in [1.82, 2.24) is 0 Å². The fourth-order valence-electron chi connectivity index (χ4n) is 12.1. The maximum Gasteiger partial charge on any atom is 0.472 e. The average Bonchev–Trinajstić information content (AvgIpc) is 1.81. The van der Waals surface area contributed by atoms with Crippen LogP contribution in [-0.2, 0) is 65.4 Å². The second-order valence-corrected chi connectivity index (χ2v) is 31.5. The van der Waals surface area contributed by atoms with Gasteiger partial charge in [-0.1, -0.05) is 362 Å². The van der Waals surface area contributed by atoms with Gasteiger partial charge >= 0.3 is 39.5 Å². The number of hydrogen-bond donors (Lipinski definition) is 3. The molecule has 0 aromatic heterocycles. The van der Waals surface area contributed by atoms with Crippen LogP contribution in [0.1, 0.15) is 413 Å². The van der Waals surface area contributed by atoms with Crippen molar-refractivity contribution in [2.75, 3.05) is 39.6 Å². The second kappa shape index (κ2) is 71.1. The molecule has 0 amide bonds. The van der Waals surface area contributed by atoms with Gasteiger partial charge in [-0.05, 0) is 31.6 Å². The monoisotopic (exact) mass is 1420 g/mol. The zero-order valence-corrected chi connectivity index (χ0v) is 65.0. The van der Waals surface area contributed by atoms with Gasteiger partial charge in [0.25, 0.3) is 0 Å². The molecule has 0 saturated carbocycles. The Morgan fingerprint density at radius 3 is 0.701 bits per heavy atom. The van der Waals surface area contributed by atoms with Crippen molar-refractivity contribution >= 4 is 39.5 Å². The molecule has 576 valence electrons. The van der Waals surface area contributed by atoms with Gasteiger partial charge in [-0.25, -0.2) is 9.13 Å². The molecule has 3 N–H and O–H groups in total. The Morgan fingerprint density at radius 1 is 0.278 bits per heavy atom. The fraction of sp³-hybridized carbons (Fsp3) is 0.949. The molecule has 97 heavy (non-hydrogen) atoms. The van der Waals surface area contributed by atoms with Crippen LogP contribution in [0.2, 0.25) is 0 Å². The third-order valence-electron chi connectivity index (χ3n) is 18.3. The number of ether oxygens (including phenoxy) is 4. The molecule has 2 unspecified atom stereocenters. The smallest absolute Gasteiger partial charge is 0.462 e. The molecular formula is C78H152O17P2. The molecule has 17 nitrogen and oxygen atoms in total. The van der Waals surface area contributed by atoms with Gasteiger partial charge in [-0.15, -0.1) is 0 Å². The lowest BCUT2D eigenvalue weighted by Gasteiger charge is -2.21. The maximum absolute atomic E-state index is 13.1. The molecule has 0 radical (unpaired) electrons. The summed E-state index contributed by atoms with van der Waals surface area (Å²) >= 11 is 0. The number of carbonyl (C=O) groups is 4. The molecule has 0 aliphatic heterocycles. The van der Waals surface area contributed by atoms with Crippen molar-refractivity contribution in [2.45, 2.75) is 432 Å². The molecular weight excluding hydrogens is 1270 g/mol. The highest BCUT2D eigenvalue weighted by atomic mass is 31.2. The predicted octanol–water partition coefficient (Wildman–Crippen LogP) is 23.3. The van der Waals surface area contributed by atoms with Crippen molar-refractivity contribution in [1.29, 1.82) is 0 Å². The minimum atomic E-state index is -4.96. The third kappa shape index (κ3) is 72.2. The molecule has 0 bridgehead atoms. The van der Waals surface area contributed by atoms with E-state index in [-0.39, 0.29) is 25.7 Å². The Labute approximate surface area is 594 Å². The number of phosphoric ester groups is 2. The van der Waals surface area contributed by atoms with Crippen molar-refractivity contribution in [3.8, 4) is 0 Å². The van der Waals surface area contributed by atoms with Crippen LogP contribution in [0.5, 0.6) is 0 Å². The van der Waals surface area contributed by atoms with E-state index in [4.69, 9.17) is 37.0 Å². The summed E-state index contributed by atoms with van der Waals surface area (Å²) in [6.45, 7) is 7.30. The highest BCUT2D eigenvalue weighted by Gasteiger charge is 2.30. The van der Waals surface area contributed by atoms with Gasteiger partial charge in [0.15, 0.2) is 12.2 Å². The van der Waals surface area contributed by atoms with Gasteiger partial charge in [-0.2, -0.15) is 0 Å². The first-order chi connectivity index (χ1) is 47.0. The topological polar surface area (TPSA) is 237 Å². The van der Waals surface area contributed by atoms with Gasteiger partial charge in [0.1, 0.15) is 19.3 Å².